The fourth-order valence-electron chi connectivity index (χ4n) is 3.14. The molecule has 0 saturated heterocycles. The molecule has 2 aromatic carbocycles. The van der Waals surface area contributed by atoms with Crippen LogP contribution in [-0.2, 0) is 0 Å². The van der Waals surface area contributed by atoms with E-state index in [1.165, 1.54) is 18.2 Å². The van der Waals surface area contributed by atoms with E-state index < -0.39 is 10.8 Å². The van der Waals surface area contributed by atoms with E-state index in [9.17, 15) is 14.9 Å². The molecule has 0 atom stereocenters. The number of imidazole rings is 1. The third-order valence-corrected chi connectivity index (χ3v) is 4.76. The lowest BCUT2D eigenvalue weighted by molar-refractivity contribution is -0.385. The molecule has 144 valence electrons. The fourth-order valence-corrected chi connectivity index (χ4v) is 3.31. The number of benzene rings is 2. The maximum Gasteiger partial charge on any atom is 0.282 e. The minimum absolute atomic E-state index is 0.108. The minimum Gasteiger partial charge on any atom is -0.321 e. The lowest BCUT2D eigenvalue weighted by Gasteiger charge is -2.10. The molecule has 0 fully saturated rings. The Morgan fingerprint density at radius 1 is 1.17 bits per heavy atom. The molecule has 0 bridgehead atoms. The summed E-state index contributed by atoms with van der Waals surface area (Å²) < 4.78 is 1.91. The van der Waals surface area contributed by atoms with Crippen LogP contribution in [0.1, 0.15) is 15.9 Å². The number of pyridine rings is 1. The standard InChI is InChI=1S/C21H15ClN4O3/c1-13-5-4-10-25-12-18(23-20(13)25)15-6-2-3-7-17(15)24-21(27)16-11-14(22)8-9-19(16)26(28)29/h2-12H,1H3,(H,24,27). The molecule has 0 unspecified atom stereocenters. The Labute approximate surface area is 170 Å². The average Bonchev–Trinajstić information content (AvgIpc) is 3.13. The van der Waals surface area contributed by atoms with E-state index in [-0.39, 0.29) is 16.3 Å². The summed E-state index contributed by atoms with van der Waals surface area (Å²) in [5.41, 5.74) is 3.29. The van der Waals surface area contributed by atoms with E-state index in [1.807, 2.05) is 48.0 Å². The van der Waals surface area contributed by atoms with Gasteiger partial charge in [-0.3, -0.25) is 14.9 Å². The van der Waals surface area contributed by atoms with E-state index in [2.05, 4.69) is 10.3 Å². The number of nitrogens with zero attached hydrogens (tertiary/aromatic N) is 3. The number of hydrogen-bond acceptors (Lipinski definition) is 4. The molecule has 0 spiro atoms. The molecule has 0 aliphatic rings. The Morgan fingerprint density at radius 2 is 1.97 bits per heavy atom. The number of anilines is 1. The number of nitro groups is 1. The molecule has 1 amide bonds. The van der Waals surface area contributed by atoms with Gasteiger partial charge in [0.2, 0.25) is 0 Å². The number of amides is 1. The normalized spacial score (nSPS) is 10.8. The van der Waals surface area contributed by atoms with Gasteiger partial charge >= 0.3 is 0 Å². The SMILES string of the molecule is Cc1cccn2cc(-c3ccccc3NC(=O)c3cc(Cl)ccc3[N+](=O)[O-])nc12. The molecule has 29 heavy (non-hydrogen) atoms. The number of nitro benzene ring substituents is 1. The topological polar surface area (TPSA) is 89.5 Å². The number of rotatable bonds is 4. The zero-order chi connectivity index (χ0) is 20.5. The lowest BCUT2D eigenvalue weighted by atomic mass is 10.1. The number of nitrogens with one attached hydrogen (secondary N) is 1. The van der Waals surface area contributed by atoms with E-state index in [4.69, 9.17) is 11.6 Å². The van der Waals surface area contributed by atoms with Crippen LogP contribution < -0.4 is 5.32 Å². The summed E-state index contributed by atoms with van der Waals surface area (Å²) in [6.07, 6.45) is 3.77. The van der Waals surface area contributed by atoms with Crippen molar-refractivity contribution in [1.82, 2.24) is 9.38 Å². The first-order valence-corrected chi connectivity index (χ1v) is 9.11. The zero-order valence-corrected chi connectivity index (χ0v) is 16.1. The lowest BCUT2D eigenvalue weighted by Crippen LogP contribution is -2.14. The van der Waals surface area contributed by atoms with Gasteiger partial charge in [-0.2, -0.15) is 0 Å². The van der Waals surface area contributed by atoms with Gasteiger partial charge in [0, 0.05) is 29.0 Å². The highest BCUT2D eigenvalue weighted by molar-refractivity contribution is 6.31. The van der Waals surface area contributed by atoms with Crippen molar-refractivity contribution in [3.8, 4) is 11.3 Å². The third-order valence-electron chi connectivity index (χ3n) is 4.53. The molecule has 0 aliphatic heterocycles. The Bertz CT molecular complexity index is 1270. The number of para-hydroxylation sites is 1. The van der Waals surface area contributed by atoms with Crippen molar-refractivity contribution in [1.29, 1.82) is 0 Å². The van der Waals surface area contributed by atoms with Gasteiger partial charge in [0.05, 0.1) is 16.3 Å². The van der Waals surface area contributed by atoms with Gasteiger partial charge in [0.25, 0.3) is 11.6 Å². The van der Waals surface area contributed by atoms with Crippen LogP contribution in [0.25, 0.3) is 16.9 Å². The van der Waals surface area contributed by atoms with Crippen LogP contribution >= 0.6 is 11.6 Å². The number of aromatic nitrogens is 2. The summed E-state index contributed by atoms with van der Waals surface area (Å²) >= 11 is 5.94. The molecule has 7 nitrogen and oxygen atoms in total. The summed E-state index contributed by atoms with van der Waals surface area (Å²) in [7, 11) is 0. The fraction of sp³-hybridized carbons (Fsp3) is 0.0476. The summed E-state index contributed by atoms with van der Waals surface area (Å²) in [5, 5.41) is 14.3. The second-order valence-corrected chi connectivity index (χ2v) is 6.90. The van der Waals surface area contributed by atoms with Crippen LogP contribution in [0.4, 0.5) is 11.4 Å². The van der Waals surface area contributed by atoms with E-state index in [0.29, 0.717) is 16.9 Å². The van der Waals surface area contributed by atoms with Gasteiger partial charge in [0.1, 0.15) is 11.2 Å². The second kappa shape index (κ2) is 7.37. The Hall–Kier alpha value is -3.71. The minimum atomic E-state index is -0.619. The molecular weight excluding hydrogens is 392 g/mol. The van der Waals surface area contributed by atoms with Crippen LogP contribution in [0, 0.1) is 17.0 Å². The van der Waals surface area contributed by atoms with Gasteiger partial charge in [0.15, 0.2) is 0 Å². The van der Waals surface area contributed by atoms with Crippen LogP contribution in [-0.4, -0.2) is 20.2 Å². The summed E-state index contributed by atoms with van der Waals surface area (Å²) in [6, 6.07) is 14.9. The van der Waals surface area contributed by atoms with E-state index in [0.717, 1.165) is 11.2 Å². The maximum atomic E-state index is 12.8. The van der Waals surface area contributed by atoms with E-state index in [1.54, 1.807) is 12.1 Å². The number of fused-ring (bicyclic) bond motifs is 1. The second-order valence-electron chi connectivity index (χ2n) is 6.47. The first-order valence-electron chi connectivity index (χ1n) is 8.73. The largest absolute Gasteiger partial charge is 0.321 e. The smallest absolute Gasteiger partial charge is 0.282 e. The van der Waals surface area contributed by atoms with Gasteiger partial charge in [-0.15, -0.1) is 0 Å². The van der Waals surface area contributed by atoms with Crippen molar-refractivity contribution in [2.24, 2.45) is 0 Å². The Balaban J connectivity index is 1.74. The van der Waals surface area contributed by atoms with Crippen LogP contribution in [0.15, 0.2) is 67.0 Å². The van der Waals surface area contributed by atoms with Crippen LogP contribution in [0.3, 0.4) is 0 Å². The molecule has 2 heterocycles. The number of halogens is 1. The molecule has 4 aromatic rings. The zero-order valence-electron chi connectivity index (χ0n) is 15.3. The van der Waals surface area contributed by atoms with Crippen molar-refractivity contribution in [3.63, 3.8) is 0 Å². The number of carbonyl (C=O) groups is 1. The van der Waals surface area contributed by atoms with Gasteiger partial charge in [-0.25, -0.2) is 4.98 Å². The predicted octanol–water partition coefficient (Wildman–Crippen LogP) is 5.12. The molecule has 2 aromatic heterocycles. The summed E-state index contributed by atoms with van der Waals surface area (Å²) in [6.45, 7) is 1.97. The number of hydrogen-bond donors (Lipinski definition) is 1. The number of aryl methyl sites for hydroxylation is 1. The predicted molar refractivity (Wildman–Crippen MR) is 111 cm³/mol. The van der Waals surface area contributed by atoms with Crippen LogP contribution in [0.5, 0.6) is 0 Å². The highest BCUT2D eigenvalue weighted by Crippen LogP contribution is 2.30. The summed E-state index contributed by atoms with van der Waals surface area (Å²) in [5.74, 6) is -0.619. The molecule has 4 rings (SSSR count). The third kappa shape index (κ3) is 3.55. The van der Waals surface area contributed by atoms with Crippen LogP contribution in [0.2, 0.25) is 5.02 Å². The molecule has 0 aliphatic carbocycles. The molecule has 1 N–H and O–H groups in total. The highest BCUT2D eigenvalue weighted by atomic mass is 35.5. The number of carbonyl (C=O) groups excluding carboxylic acids is 1. The Kier molecular flexibility index (Phi) is 4.74. The highest BCUT2D eigenvalue weighted by Gasteiger charge is 2.22. The quantitative estimate of drug-likeness (QED) is 0.376. The Morgan fingerprint density at radius 3 is 2.72 bits per heavy atom. The van der Waals surface area contributed by atoms with Gasteiger partial charge in [-0.05, 0) is 36.8 Å². The van der Waals surface area contributed by atoms with Gasteiger partial charge in [-0.1, -0.05) is 35.9 Å². The van der Waals surface area contributed by atoms with Gasteiger partial charge < -0.3 is 9.72 Å². The van der Waals surface area contributed by atoms with Crippen molar-refractivity contribution in [2.75, 3.05) is 5.32 Å². The first kappa shape index (κ1) is 18.6. The first-order chi connectivity index (χ1) is 13.9. The molecule has 0 saturated carbocycles. The van der Waals surface area contributed by atoms with Crippen molar-refractivity contribution < 1.29 is 9.72 Å². The van der Waals surface area contributed by atoms with Crippen molar-refractivity contribution in [2.45, 2.75) is 6.92 Å². The monoisotopic (exact) mass is 406 g/mol. The van der Waals surface area contributed by atoms with E-state index >= 15 is 0 Å². The molecule has 0 radical (unpaired) electrons. The summed E-state index contributed by atoms with van der Waals surface area (Å²) in [4.78, 5) is 28.1. The van der Waals surface area contributed by atoms with Crippen molar-refractivity contribution >= 4 is 34.5 Å². The maximum absolute atomic E-state index is 12.8. The average molecular weight is 407 g/mol. The van der Waals surface area contributed by atoms with Crippen molar-refractivity contribution in [3.05, 3.63) is 93.3 Å². The molecule has 8 heteroatoms. The molecular formula is C21H15ClN4O3.